The Morgan fingerprint density at radius 2 is 1.67 bits per heavy atom. The number of benzene rings is 2. The molecule has 160 valence electrons. The summed E-state index contributed by atoms with van der Waals surface area (Å²) in [6.45, 7) is 6.71. The first-order chi connectivity index (χ1) is 14.1. The zero-order valence-corrected chi connectivity index (χ0v) is 21.2. The fourth-order valence-corrected chi connectivity index (χ4v) is 4.55. The molecule has 1 aliphatic heterocycles. The van der Waals surface area contributed by atoms with Crippen molar-refractivity contribution >= 4 is 49.9 Å². The first kappa shape index (κ1) is 23.1. The second-order valence-corrected chi connectivity index (χ2v) is 8.77. The lowest BCUT2D eigenvalue weighted by Gasteiger charge is -2.35. The van der Waals surface area contributed by atoms with Gasteiger partial charge in [0.1, 0.15) is 5.75 Å². The van der Waals surface area contributed by atoms with Gasteiger partial charge in [-0.05, 0) is 50.4 Å². The van der Waals surface area contributed by atoms with E-state index in [2.05, 4.69) is 67.2 Å². The third-order valence-corrected chi connectivity index (χ3v) is 6.31. The van der Waals surface area contributed by atoms with Gasteiger partial charge in [-0.3, -0.25) is 0 Å². The smallest absolute Gasteiger partial charge is 0.209 e. The van der Waals surface area contributed by atoms with E-state index in [-0.39, 0.29) is 17.0 Å². The minimum atomic E-state index is 0. The van der Waals surface area contributed by atoms with Crippen LogP contribution in [0.25, 0.3) is 11.3 Å². The summed E-state index contributed by atoms with van der Waals surface area (Å²) >= 11 is 5.21. The van der Waals surface area contributed by atoms with E-state index in [1.165, 1.54) is 11.3 Å². The Kier molecular flexibility index (Phi) is 8.16. The molecule has 0 amide bonds. The number of nitrogens with zero attached hydrogens (tertiary/aromatic N) is 4. The molecule has 3 aromatic rings. The van der Waals surface area contributed by atoms with Gasteiger partial charge in [-0.15, -0.1) is 28.3 Å². The van der Waals surface area contributed by atoms with Crippen molar-refractivity contribution in [2.24, 2.45) is 4.99 Å². The summed E-state index contributed by atoms with van der Waals surface area (Å²) in [5.41, 5.74) is 3.30. The molecule has 2 heterocycles. The third-order valence-electron chi connectivity index (χ3n) is 4.96. The van der Waals surface area contributed by atoms with Gasteiger partial charge in [0.2, 0.25) is 4.80 Å². The minimum absolute atomic E-state index is 0. The van der Waals surface area contributed by atoms with Crippen LogP contribution in [0, 0.1) is 0 Å². The highest BCUT2D eigenvalue weighted by Gasteiger charge is 2.19. The molecule has 0 unspecified atom stereocenters. The van der Waals surface area contributed by atoms with Crippen molar-refractivity contribution in [3.05, 3.63) is 63.2 Å². The molecule has 8 heteroatoms. The molecule has 1 saturated heterocycles. The quantitative estimate of drug-likeness (QED) is 0.442. The molecule has 0 N–H and O–H groups in total. The van der Waals surface area contributed by atoms with Gasteiger partial charge < -0.3 is 14.6 Å². The molecule has 0 radical (unpaired) electrons. The average molecular weight is 554 g/mol. The Labute approximate surface area is 200 Å². The molecule has 0 aliphatic carbocycles. The monoisotopic (exact) mass is 552 g/mol. The summed E-state index contributed by atoms with van der Waals surface area (Å²) in [5, 5.41) is 4.61. The zero-order chi connectivity index (χ0) is 20.2. The van der Waals surface area contributed by atoms with Gasteiger partial charge in [-0.25, -0.2) is 9.67 Å². The second-order valence-electron chi connectivity index (χ2n) is 7.02. The average Bonchev–Trinajstić information content (AvgIpc) is 3.14. The van der Waals surface area contributed by atoms with E-state index in [9.17, 15) is 0 Å². The predicted octanol–water partition coefficient (Wildman–Crippen LogP) is 5.07. The Morgan fingerprint density at radius 1 is 1.00 bits per heavy atom. The summed E-state index contributed by atoms with van der Waals surface area (Å²) in [4.78, 5) is 8.31. The van der Waals surface area contributed by atoms with Crippen LogP contribution in [0.1, 0.15) is 6.92 Å². The van der Waals surface area contributed by atoms with Crippen LogP contribution < -0.4 is 14.5 Å². The number of thiazole rings is 1. The number of piperazine rings is 1. The fraction of sp³-hybridized carbons (Fsp3) is 0.318. The van der Waals surface area contributed by atoms with Crippen molar-refractivity contribution in [3.8, 4) is 17.0 Å². The van der Waals surface area contributed by atoms with Crippen LogP contribution in [0.15, 0.2) is 63.4 Å². The Morgan fingerprint density at radius 3 is 2.30 bits per heavy atom. The number of ether oxygens (including phenoxy) is 1. The van der Waals surface area contributed by atoms with Crippen LogP contribution in [0.2, 0.25) is 0 Å². The highest BCUT2D eigenvalue weighted by Crippen LogP contribution is 2.24. The molecule has 1 fully saturated rings. The van der Waals surface area contributed by atoms with Crippen molar-refractivity contribution in [1.82, 2.24) is 9.58 Å². The SMILES string of the molecule is Br.CCOc1ccc(N=c2scc(-c3ccc(Br)cc3)n2N2CCN(C)CC2)cc1. The molecule has 5 nitrogen and oxygen atoms in total. The summed E-state index contributed by atoms with van der Waals surface area (Å²) in [6.07, 6.45) is 0. The van der Waals surface area contributed by atoms with Crippen LogP contribution >= 0.6 is 44.2 Å². The van der Waals surface area contributed by atoms with Crippen LogP contribution in [-0.2, 0) is 0 Å². The molecule has 30 heavy (non-hydrogen) atoms. The first-order valence-corrected chi connectivity index (χ1v) is 11.5. The minimum Gasteiger partial charge on any atom is -0.494 e. The largest absolute Gasteiger partial charge is 0.494 e. The summed E-state index contributed by atoms with van der Waals surface area (Å²) in [5.74, 6) is 0.875. The summed E-state index contributed by atoms with van der Waals surface area (Å²) < 4.78 is 8.92. The number of hydrogen-bond acceptors (Lipinski definition) is 5. The number of hydrogen-bond donors (Lipinski definition) is 0. The molecule has 2 aromatic carbocycles. The van der Waals surface area contributed by atoms with Crippen LogP contribution in [0.5, 0.6) is 5.75 Å². The maximum atomic E-state index is 5.55. The number of rotatable bonds is 5. The van der Waals surface area contributed by atoms with E-state index in [1.54, 1.807) is 11.3 Å². The van der Waals surface area contributed by atoms with E-state index in [0.29, 0.717) is 6.61 Å². The molecule has 4 rings (SSSR count). The highest BCUT2D eigenvalue weighted by atomic mass is 79.9. The van der Waals surface area contributed by atoms with E-state index in [1.807, 2.05) is 31.2 Å². The Balaban J connectivity index is 0.00000256. The first-order valence-electron chi connectivity index (χ1n) is 9.82. The lowest BCUT2D eigenvalue weighted by molar-refractivity contribution is 0.287. The molecule has 0 atom stereocenters. The lowest BCUT2D eigenvalue weighted by Crippen LogP contribution is -2.52. The Bertz CT molecular complexity index is 1010. The zero-order valence-electron chi connectivity index (χ0n) is 17.1. The lowest BCUT2D eigenvalue weighted by atomic mass is 10.2. The number of aromatic nitrogens is 1. The van der Waals surface area contributed by atoms with Gasteiger partial charge >= 0.3 is 0 Å². The van der Waals surface area contributed by atoms with Gasteiger partial charge in [-0.2, -0.15) is 0 Å². The molecule has 0 spiro atoms. The van der Waals surface area contributed by atoms with E-state index < -0.39 is 0 Å². The van der Waals surface area contributed by atoms with Crippen molar-refractivity contribution in [2.75, 3.05) is 44.8 Å². The normalized spacial score (nSPS) is 15.2. The molecular formula is C22H26Br2N4OS. The van der Waals surface area contributed by atoms with Gasteiger partial charge in [0.25, 0.3) is 0 Å². The predicted molar refractivity (Wildman–Crippen MR) is 134 cm³/mol. The standard InChI is InChI=1S/C22H25BrN4OS.BrH/c1-3-28-20-10-8-19(9-11-20)24-22-27(26-14-12-25(2)13-15-26)21(16-29-22)17-4-6-18(23)7-5-17;/h4-11,16H,3,12-15H2,1-2H3;1H. The molecular weight excluding hydrogens is 528 g/mol. The maximum Gasteiger partial charge on any atom is 0.209 e. The molecule has 1 aliphatic rings. The van der Waals surface area contributed by atoms with Gasteiger partial charge in [0, 0.05) is 41.6 Å². The van der Waals surface area contributed by atoms with E-state index >= 15 is 0 Å². The number of likely N-dealkylation sites (N-methyl/N-ethyl adjacent to an activating group) is 1. The van der Waals surface area contributed by atoms with E-state index in [0.717, 1.165) is 46.9 Å². The fourth-order valence-electron chi connectivity index (χ4n) is 3.36. The summed E-state index contributed by atoms with van der Waals surface area (Å²) in [6, 6.07) is 16.5. The van der Waals surface area contributed by atoms with Crippen LogP contribution in [0.4, 0.5) is 5.69 Å². The van der Waals surface area contributed by atoms with Gasteiger partial charge in [0.05, 0.1) is 18.0 Å². The highest BCUT2D eigenvalue weighted by molar-refractivity contribution is 9.10. The maximum absolute atomic E-state index is 5.55. The van der Waals surface area contributed by atoms with Crippen molar-refractivity contribution in [1.29, 1.82) is 0 Å². The van der Waals surface area contributed by atoms with Crippen LogP contribution in [0.3, 0.4) is 0 Å². The number of halogens is 2. The van der Waals surface area contributed by atoms with Gasteiger partial charge in [-0.1, -0.05) is 28.1 Å². The third kappa shape index (κ3) is 5.35. The molecule has 0 bridgehead atoms. The van der Waals surface area contributed by atoms with Crippen LogP contribution in [-0.4, -0.2) is 49.4 Å². The second kappa shape index (κ2) is 10.6. The van der Waals surface area contributed by atoms with Crippen molar-refractivity contribution in [3.63, 3.8) is 0 Å². The Hall–Kier alpha value is -1.61. The van der Waals surface area contributed by atoms with Crippen molar-refractivity contribution < 1.29 is 4.74 Å². The van der Waals surface area contributed by atoms with E-state index in [4.69, 9.17) is 9.73 Å². The molecule has 0 saturated carbocycles. The topological polar surface area (TPSA) is 33.0 Å². The summed E-state index contributed by atoms with van der Waals surface area (Å²) in [7, 11) is 2.18. The van der Waals surface area contributed by atoms with Crippen molar-refractivity contribution in [2.45, 2.75) is 6.92 Å². The van der Waals surface area contributed by atoms with Gasteiger partial charge in [0.15, 0.2) is 0 Å². The molecule has 1 aromatic heterocycles.